The van der Waals surface area contributed by atoms with Gasteiger partial charge in [0.25, 0.3) is 11.8 Å². The number of nitrogens with one attached hydrogen (secondary N) is 2. The van der Waals surface area contributed by atoms with E-state index in [9.17, 15) is 9.59 Å². The number of ether oxygens (including phenoxy) is 1. The molecule has 2 aromatic rings. The first-order valence-corrected chi connectivity index (χ1v) is 11.5. The van der Waals surface area contributed by atoms with Gasteiger partial charge in [-0.25, -0.2) is 0 Å². The lowest BCUT2D eigenvalue weighted by atomic mass is 10.1. The van der Waals surface area contributed by atoms with Crippen LogP contribution in [0.5, 0.6) is 0 Å². The molecule has 2 heterocycles. The molecule has 7 heteroatoms. The second-order valence-corrected chi connectivity index (χ2v) is 9.45. The Kier molecular flexibility index (Phi) is 6.24. The van der Waals surface area contributed by atoms with Crippen LogP contribution in [0, 0.1) is 0 Å². The molecule has 0 aromatic heterocycles. The second-order valence-electron chi connectivity index (χ2n) is 6.72. The largest absolute Gasteiger partial charge is 0.368 e. The number of hydrogen-bond donors (Lipinski definition) is 2. The van der Waals surface area contributed by atoms with Crippen LogP contribution in [-0.2, 0) is 9.53 Å². The van der Waals surface area contributed by atoms with E-state index in [1.165, 1.54) is 5.56 Å². The summed E-state index contributed by atoms with van der Waals surface area (Å²) in [5, 5.41) is 5.80. The molecule has 2 saturated heterocycles. The lowest BCUT2D eigenvalue weighted by Crippen LogP contribution is -2.27. The van der Waals surface area contributed by atoms with E-state index in [2.05, 4.69) is 16.7 Å². The van der Waals surface area contributed by atoms with Gasteiger partial charge in [-0.15, -0.1) is 23.5 Å². The van der Waals surface area contributed by atoms with Gasteiger partial charge in [-0.05, 0) is 48.7 Å². The lowest BCUT2D eigenvalue weighted by molar-refractivity contribution is -0.124. The van der Waals surface area contributed by atoms with Gasteiger partial charge in [0.1, 0.15) is 6.10 Å². The third-order valence-corrected chi connectivity index (χ3v) is 7.76. The smallest absolute Gasteiger partial charge is 0.255 e. The maximum atomic E-state index is 12.7. The molecule has 2 fully saturated rings. The van der Waals surface area contributed by atoms with Gasteiger partial charge in [-0.3, -0.25) is 9.59 Å². The summed E-state index contributed by atoms with van der Waals surface area (Å²) >= 11 is 3.87. The van der Waals surface area contributed by atoms with Gasteiger partial charge < -0.3 is 15.4 Å². The van der Waals surface area contributed by atoms with Gasteiger partial charge in [0.2, 0.25) is 0 Å². The molecule has 2 aliphatic heterocycles. The first-order chi connectivity index (χ1) is 13.7. The quantitative estimate of drug-likeness (QED) is 0.752. The monoisotopic (exact) mass is 414 g/mol. The highest BCUT2D eigenvalue weighted by atomic mass is 32.2. The number of thioether (sulfide) groups is 2. The topological polar surface area (TPSA) is 67.4 Å². The Labute approximate surface area is 173 Å². The van der Waals surface area contributed by atoms with Crippen LogP contribution >= 0.6 is 23.5 Å². The summed E-state index contributed by atoms with van der Waals surface area (Å²) in [6.07, 6.45) is 1.24. The van der Waals surface area contributed by atoms with Crippen LogP contribution in [0.3, 0.4) is 0 Å². The van der Waals surface area contributed by atoms with Crippen molar-refractivity contribution in [2.24, 2.45) is 0 Å². The fourth-order valence-electron chi connectivity index (χ4n) is 3.26. The highest BCUT2D eigenvalue weighted by molar-refractivity contribution is 8.19. The zero-order valence-electron chi connectivity index (χ0n) is 15.4. The summed E-state index contributed by atoms with van der Waals surface area (Å²) in [7, 11) is 0. The molecular weight excluding hydrogens is 392 g/mol. The normalized spacial score (nSPS) is 19.5. The summed E-state index contributed by atoms with van der Waals surface area (Å²) in [6, 6.07) is 15.0. The standard InChI is InChI=1S/C21H22N2O3S2/c24-19(22-17-7-2-5-15(13-17)21-27-10-11-28-21)14-4-1-6-16(12-14)23-20(25)18-8-3-9-26-18/h1-2,4-7,12-13,18,21H,3,8-11H2,(H,22,24)(H,23,25)/t18-/m1/s1. The van der Waals surface area contributed by atoms with Crippen molar-refractivity contribution < 1.29 is 14.3 Å². The minimum atomic E-state index is -0.397. The van der Waals surface area contributed by atoms with Crippen molar-refractivity contribution in [2.75, 3.05) is 28.7 Å². The van der Waals surface area contributed by atoms with Crippen LogP contribution in [0.1, 0.15) is 33.3 Å². The van der Waals surface area contributed by atoms with Crippen molar-refractivity contribution >= 4 is 46.7 Å². The molecule has 2 N–H and O–H groups in total. The third kappa shape index (κ3) is 4.71. The minimum Gasteiger partial charge on any atom is -0.368 e. The molecule has 2 aromatic carbocycles. The van der Waals surface area contributed by atoms with Gasteiger partial charge in [-0.2, -0.15) is 0 Å². The molecule has 2 aliphatic rings. The first kappa shape index (κ1) is 19.4. The zero-order chi connectivity index (χ0) is 19.3. The summed E-state index contributed by atoms with van der Waals surface area (Å²) in [5.74, 6) is 1.97. The van der Waals surface area contributed by atoms with E-state index in [1.54, 1.807) is 24.3 Å². The SMILES string of the molecule is O=C(Nc1cccc(C2SCCS2)c1)c1cccc(NC(=O)[C@H]2CCCO2)c1. The van der Waals surface area contributed by atoms with E-state index in [0.717, 1.165) is 30.0 Å². The Balaban J connectivity index is 1.42. The van der Waals surface area contributed by atoms with E-state index in [1.807, 2.05) is 41.7 Å². The average Bonchev–Trinajstić information content (AvgIpc) is 3.42. The fraction of sp³-hybridized carbons (Fsp3) is 0.333. The van der Waals surface area contributed by atoms with Crippen molar-refractivity contribution in [1.82, 2.24) is 0 Å². The van der Waals surface area contributed by atoms with Gasteiger partial charge in [0, 0.05) is 35.1 Å². The zero-order valence-corrected chi connectivity index (χ0v) is 17.0. The molecule has 28 heavy (non-hydrogen) atoms. The molecule has 0 bridgehead atoms. The third-order valence-electron chi connectivity index (χ3n) is 4.65. The summed E-state index contributed by atoms with van der Waals surface area (Å²) < 4.78 is 5.84. The lowest BCUT2D eigenvalue weighted by Gasteiger charge is -2.13. The second kappa shape index (κ2) is 9.03. The Morgan fingerprint density at radius 1 is 0.964 bits per heavy atom. The molecule has 2 amide bonds. The first-order valence-electron chi connectivity index (χ1n) is 9.36. The number of benzene rings is 2. The number of amides is 2. The van der Waals surface area contributed by atoms with E-state index >= 15 is 0 Å². The van der Waals surface area contributed by atoms with Gasteiger partial charge in [0.05, 0.1) is 4.58 Å². The van der Waals surface area contributed by atoms with Gasteiger partial charge >= 0.3 is 0 Å². The van der Waals surface area contributed by atoms with E-state index in [4.69, 9.17) is 4.74 Å². The molecule has 1 atom stereocenters. The van der Waals surface area contributed by atoms with Gasteiger partial charge in [0.15, 0.2) is 0 Å². The van der Waals surface area contributed by atoms with Crippen LogP contribution in [0.2, 0.25) is 0 Å². The highest BCUT2D eigenvalue weighted by Gasteiger charge is 2.23. The molecule has 4 rings (SSSR count). The molecular formula is C21H22N2O3S2. The van der Waals surface area contributed by atoms with Crippen molar-refractivity contribution in [1.29, 1.82) is 0 Å². The van der Waals surface area contributed by atoms with Crippen LogP contribution in [0.4, 0.5) is 11.4 Å². The minimum absolute atomic E-state index is 0.158. The predicted octanol–water partition coefficient (Wildman–Crippen LogP) is 4.54. The average molecular weight is 415 g/mol. The molecule has 0 saturated carbocycles. The summed E-state index contributed by atoms with van der Waals surface area (Å²) in [4.78, 5) is 24.9. The maximum Gasteiger partial charge on any atom is 0.255 e. The van der Waals surface area contributed by atoms with Crippen LogP contribution in [-0.4, -0.2) is 36.0 Å². The van der Waals surface area contributed by atoms with E-state index in [-0.39, 0.29) is 11.8 Å². The molecule has 0 unspecified atom stereocenters. The van der Waals surface area contributed by atoms with E-state index < -0.39 is 6.10 Å². The molecule has 0 spiro atoms. The molecule has 0 aliphatic carbocycles. The Morgan fingerprint density at radius 3 is 2.46 bits per heavy atom. The van der Waals surface area contributed by atoms with Crippen molar-refractivity contribution in [3.63, 3.8) is 0 Å². The van der Waals surface area contributed by atoms with Crippen molar-refractivity contribution in [2.45, 2.75) is 23.5 Å². The Hall–Kier alpha value is -1.96. The summed E-state index contributed by atoms with van der Waals surface area (Å²) in [5.41, 5.74) is 3.10. The highest BCUT2D eigenvalue weighted by Crippen LogP contribution is 2.45. The molecule has 5 nitrogen and oxygen atoms in total. The molecule has 0 radical (unpaired) electrons. The van der Waals surface area contributed by atoms with Crippen LogP contribution < -0.4 is 10.6 Å². The number of rotatable bonds is 5. The molecule has 146 valence electrons. The van der Waals surface area contributed by atoms with Crippen molar-refractivity contribution in [3.05, 3.63) is 59.7 Å². The number of carbonyl (C=O) groups is 2. The van der Waals surface area contributed by atoms with Crippen LogP contribution in [0.25, 0.3) is 0 Å². The van der Waals surface area contributed by atoms with Gasteiger partial charge in [-0.1, -0.05) is 18.2 Å². The maximum absolute atomic E-state index is 12.7. The Bertz CT molecular complexity index is 862. The fourth-order valence-corrected chi connectivity index (χ4v) is 6.10. The van der Waals surface area contributed by atoms with Crippen LogP contribution in [0.15, 0.2) is 48.5 Å². The van der Waals surface area contributed by atoms with Crippen molar-refractivity contribution in [3.8, 4) is 0 Å². The predicted molar refractivity (Wildman–Crippen MR) is 116 cm³/mol. The number of anilines is 2. The Morgan fingerprint density at radius 2 is 1.71 bits per heavy atom. The number of carbonyl (C=O) groups excluding carboxylic acids is 2. The number of hydrogen-bond acceptors (Lipinski definition) is 5. The van der Waals surface area contributed by atoms with E-state index in [0.29, 0.717) is 22.4 Å². The summed E-state index contributed by atoms with van der Waals surface area (Å²) in [6.45, 7) is 0.622.